The molecule has 1 aromatic rings. The minimum atomic E-state index is -0.523. The zero-order valence-corrected chi connectivity index (χ0v) is 11.2. The summed E-state index contributed by atoms with van der Waals surface area (Å²) >= 11 is 0. The molecule has 1 rings (SSSR count). The summed E-state index contributed by atoms with van der Waals surface area (Å²) in [5.74, 6) is -1.05. The summed E-state index contributed by atoms with van der Waals surface area (Å²) in [5, 5.41) is 3.17. The Morgan fingerprint density at radius 3 is 2.28 bits per heavy atom. The van der Waals surface area contributed by atoms with Crippen LogP contribution in [-0.2, 0) is 11.2 Å². The van der Waals surface area contributed by atoms with Gasteiger partial charge in [-0.05, 0) is 50.9 Å². The molecule has 0 radical (unpaired) electrons. The number of hydrogen-bond acceptors (Lipinski definition) is 2. The van der Waals surface area contributed by atoms with E-state index < -0.39 is 11.6 Å². The second-order valence-corrected chi connectivity index (χ2v) is 4.59. The Hall–Kier alpha value is -1.00. The van der Waals surface area contributed by atoms with Crippen molar-refractivity contribution >= 4 is 0 Å². The third kappa shape index (κ3) is 5.10. The van der Waals surface area contributed by atoms with E-state index >= 15 is 0 Å². The van der Waals surface area contributed by atoms with Gasteiger partial charge in [-0.25, -0.2) is 8.78 Å². The largest absolute Gasteiger partial charge is 0.382 e. The molecule has 102 valence electrons. The normalized spacial score (nSPS) is 14.5. The van der Waals surface area contributed by atoms with Crippen LogP contribution >= 0.6 is 0 Å². The van der Waals surface area contributed by atoms with E-state index in [2.05, 4.69) is 5.32 Å². The van der Waals surface area contributed by atoms with E-state index in [0.717, 1.165) is 18.9 Å². The van der Waals surface area contributed by atoms with Crippen molar-refractivity contribution in [1.82, 2.24) is 5.32 Å². The molecule has 0 saturated carbocycles. The number of ether oxygens (including phenoxy) is 1. The first-order valence-electron chi connectivity index (χ1n) is 6.20. The fraction of sp³-hybridized carbons (Fsp3) is 0.571. The zero-order chi connectivity index (χ0) is 13.5. The van der Waals surface area contributed by atoms with E-state index in [-0.39, 0.29) is 12.1 Å². The van der Waals surface area contributed by atoms with Crippen LogP contribution in [0.4, 0.5) is 8.78 Å². The second-order valence-electron chi connectivity index (χ2n) is 4.59. The van der Waals surface area contributed by atoms with Gasteiger partial charge in [0.15, 0.2) is 0 Å². The minimum absolute atomic E-state index is 0.198. The Kier molecular flexibility index (Phi) is 6.22. The number of likely N-dealkylation sites (N-methyl/N-ethyl adjacent to an activating group) is 1. The van der Waals surface area contributed by atoms with Gasteiger partial charge in [-0.15, -0.1) is 0 Å². The molecule has 0 aromatic heterocycles. The first kappa shape index (κ1) is 15.1. The lowest BCUT2D eigenvalue weighted by Gasteiger charge is -2.18. The molecule has 0 aliphatic heterocycles. The van der Waals surface area contributed by atoms with Gasteiger partial charge in [0.05, 0.1) is 6.10 Å². The SMILES string of the molecule is CNC(CCC(C)OC)Cc1cc(F)cc(F)c1. The number of halogens is 2. The molecule has 0 spiro atoms. The minimum Gasteiger partial charge on any atom is -0.382 e. The van der Waals surface area contributed by atoms with Crippen molar-refractivity contribution < 1.29 is 13.5 Å². The Morgan fingerprint density at radius 1 is 1.17 bits per heavy atom. The van der Waals surface area contributed by atoms with Crippen LogP contribution in [-0.4, -0.2) is 26.3 Å². The van der Waals surface area contributed by atoms with Gasteiger partial charge in [0.25, 0.3) is 0 Å². The van der Waals surface area contributed by atoms with Crippen LogP contribution in [0, 0.1) is 11.6 Å². The number of nitrogens with one attached hydrogen (secondary N) is 1. The first-order chi connectivity index (χ1) is 8.55. The molecular formula is C14H21F2NO. The number of hydrogen-bond donors (Lipinski definition) is 1. The van der Waals surface area contributed by atoms with Gasteiger partial charge in [-0.2, -0.15) is 0 Å². The summed E-state index contributed by atoms with van der Waals surface area (Å²) in [4.78, 5) is 0. The maximum atomic E-state index is 13.1. The molecule has 0 heterocycles. The highest BCUT2D eigenvalue weighted by atomic mass is 19.1. The molecular weight excluding hydrogens is 236 g/mol. The first-order valence-corrected chi connectivity index (χ1v) is 6.20. The van der Waals surface area contributed by atoms with Crippen molar-refractivity contribution in [3.63, 3.8) is 0 Å². The predicted octanol–water partition coefficient (Wildman–Crippen LogP) is 2.91. The Morgan fingerprint density at radius 2 is 1.78 bits per heavy atom. The van der Waals surface area contributed by atoms with Gasteiger partial charge < -0.3 is 10.1 Å². The van der Waals surface area contributed by atoms with E-state index in [4.69, 9.17) is 4.74 Å². The third-order valence-corrected chi connectivity index (χ3v) is 3.14. The van der Waals surface area contributed by atoms with Crippen LogP contribution in [0.1, 0.15) is 25.3 Å². The smallest absolute Gasteiger partial charge is 0.126 e. The topological polar surface area (TPSA) is 21.3 Å². The summed E-state index contributed by atoms with van der Waals surface area (Å²) in [6.07, 6.45) is 2.63. The molecule has 4 heteroatoms. The van der Waals surface area contributed by atoms with Gasteiger partial charge in [-0.1, -0.05) is 0 Å². The summed E-state index contributed by atoms with van der Waals surface area (Å²) < 4.78 is 31.3. The fourth-order valence-corrected chi connectivity index (χ4v) is 1.92. The fourth-order valence-electron chi connectivity index (χ4n) is 1.92. The van der Waals surface area contributed by atoms with Crippen LogP contribution in [0.25, 0.3) is 0 Å². The standard InChI is InChI=1S/C14H21F2NO/c1-10(18-3)4-5-14(17-2)8-11-6-12(15)9-13(16)7-11/h6-7,9-10,14,17H,4-5,8H2,1-3H3. The van der Waals surface area contributed by atoms with Crippen LogP contribution in [0.15, 0.2) is 18.2 Å². The summed E-state index contributed by atoms with van der Waals surface area (Å²) in [6.45, 7) is 2.01. The van der Waals surface area contributed by atoms with Crippen LogP contribution in [0.3, 0.4) is 0 Å². The Bertz CT molecular complexity index is 351. The van der Waals surface area contributed by atoms with E-state index in [0.29, 0.717) is 12.0 Å². The molecule has 18 heavy (non-hydrogen) atoms. The average Bonchev–Trinajstić information content (AvgIpc) is 2.32. The molecule has 0 bridgehead atoms. The highest BCUT2D eigenvalue weighted by Gasteiger charge is 2.11. The third-order valence-electron chi connectivity index (χ3n) is 3.14. The van der Waals surface area contributed by atoms with Crippen molar-refractivity contribution in [2.45, 2.75) is 38.3 Å². The summed E-state index contributed by atoms with van der Waals surface area (Å²) in [6, 6.07) is 3.86. The lowest BCUT2D eigenvalue weighted by Crippen LogP contribution is -2.28. The Balaban J connectivity index is 2.56. The maximum Gasteiger partial charge on any atom is 0.126 e. The lowest BCUT2D eigenvalue weighted by atomic mass is 10.0. The number of benzene rings is 1. The highest BCUT2D eigenvalue weighted by molar-refractivity contribution is 5.18. The van der Waals surface area contributed by atoms with Crippen LogP contribution in [0.2, 0.25) is 0 Å². The quantitative estimate of drug-likeness (QED) is 0.811. The highest BCUT2D eigenvalue weighted by Crippen LogP contribution is 2.13. The maximum absolute atomic E-state index is 13.1. The van der Waals surface area contributed by atoms with Gasteiger partial charge >= 0.3 is 0 Å². The molecule has 0 amide bonds. The molecule has 1 N–H and O–H groups in total. The molecule has 1 aromatic carbocycles. The Labute approximate surface area is 107 Å². The monoisotopic (exact) mass is 257 g/mol. The number of methoxy groups -OCH3 is 1. The molecule has 0 fully saturated rings. The van der Waals surface area contributed by atoms with E-state index in [1.807, 2.05) is 14.0 Å². The second kappa shape index (κ2) is 7.44. The summed E-state index contributed by atoms with van der Waals surface area (Å²) in [7, 11) is 3.54. The van der Waals surface area contributed by atoms with Gasteiger partial charge in [0.1, 0.15) is 11.6 Å². The van der Waals surface area contributed by atoms with E-state index in [1.54, 1.807) is 7.11 Å². The molecule has 2 unspecified atom stereocenters. The van der Waals surface area contributed by atoms with Crippen molar-refractivity contribution in [2.75, 3.05) is 14.2 Å². The van der Waals surface area contributed by atoms with Gasteiger partial charge in [0.2, 0.25) is 0 Å². The zero-order valence-electron chi connectivity index (χ0n) is 11.2. The van der Waals surface area contributed by atoms with Gasteiger partial charge in [0, 0.05) is 19.2 Å². The van der Waals surface area contributed by atoms with Crippen LogP contribution < -0.4 is 5.32 Å². The average molecular weight is 257 g/mol. The predicted molar refractivity (Wildman–Crippen MR) is 68.6 cm³/mol. The lowest BCUT2D eigenvalue weighted by molar-refractivity contribution is 0.106. The molecule has 0 saturated heterocycles. The molecule has 0 aliphatic carbocycles. The van der Waals surface area contributed by atoms with Crippen molar-refractivity contribution in [3.8, 4) is 0 Å². The number of rotatable bonds is 7. The van der Waals surface area contributed by atoms with Crippen LogP contribution in [0.5, 0.6) is 0 Å². The molecule has 2 atom stereocenters. The van der Waals surface area contributed by atoms with Gasteiger partial charge in [-0.3, -0.25) is 0 Å². The van der Waals surface area contributed by atoms with E-state index in [1.165, 1.54) is 12.1 Å². The van der Waals surface area contributed by atoms with Crippen molar-refractivity contribution in [2.24, 2.45) is 0 Å². The molecule has 2 nitrogen and oxygen atoms in total. The summed E-state index contributed by atoms with van der Waals surface area (Å²) in [5.41, 5.74) is 0.678. The van der Waals surface area contributed by atoms with Crippen molar-refractivity contribution in [1.29, 1.82) is 0 Å². The van der Waals surface area contributed by atoms with E-state index in [9.17, 15) is 8.78 Å². The molecule has 0 aliphatic rings. The van der Waals surface area contributed by atoms with Crippen molar-refractivity contribution in [3.05, 3.63) is 35.4 Å².